The molecule has 0 bridgehead atoms. The van der Waals surface area contributed by atoms with Crippen LogP contribution in [0.25, 0.3) is 11.3 Å². The lowest BCUT2D eigenvalue weighted by Gasteiger charge is -2.11. The van der Waals surface area contributed by atoms with Crippen LogP contribution in [0.15, 0.2) is 71.1 Å². The van der Waals surface area contributed by atoms with Crippen molar-refractivity contribution >= 4 is 17.5 Å². The summed E-state index contributed by atoms with van der Waals surface area (Å²) in [6, 6.07) is 20.7. The standard InChI is InChI=1S/C23H24N2O3/c1-2-16-24-23(27)19-10-6-7-11-20(19)25-22(26)15-13-18-12-14-21(28-18)17-8-4-3-5-9-17/h3-12,14H,2,13,15-16H2,1H3,(H,24,27)(H,25,26). The molecule has 0 saturated carbocycles. The molecule has 144 valence electrons. The van der Waals surface area contributed by atoms with Crippen LogP contribution in [0.1, 0.15) is 35.9 Å². The number of benzene rings is 2. The summed E-state index contributed by atoms with van der Waals surface area (Å²) in [4.78, 5) is 24.6. The molecule has 3 aromatic rings. The third-order valence-corrected chi connectivity index (χ3v) is 4.30. The number of carbonyl (C=O) groups excluding carboxylic acids is 2. The van der Waals surface area contributed by atoms with E-state index in [0.29, 0.717) is 24.2 Å². The van der Waals surface area contributed by atoms with Crippen LogP contribution in [0.3, 0.4) is 0 Å². The molecule has 0 aliphatic heterocycles. The number of aryl methyl sites for hydroxylation is 1. The van der Waals surface area contributed by atoms with E-state index in [4.69, 9.17) is 4.42 Å². The van der Waals surface area contributed by atoms with Crippen LogP contribution < -0.4 is 10.6 Å². The summed E-state index contributed by atoms with van der Waals surface area (Å²) in [5.41, 5.74) is 1.99. The van der Waals surface area contributed by atoms with Gasteiger partial charge in [0.05, 0.1) is 11.3 Å². The number of carbonyl (C=O) groups is 2. The molecule has 0 aliphatic carbocycles. The summed E-state index contributed by atoms with van der Waals surface area (Å²) in [5, 5.41) is 5.67. The Labute approximate surface area is 164 Å². The molecule has 2 amide bonds. The van der Waals surface area contributed by atoms with Gasteiger partial charge in [-0.25, -0.2) is 0 Å². The molecule has 2 aromatic carbocycles. The first kappa shape index (κ1) is 19.4. The van der Waals surface area contributed by atoms with Crippen molar-refractivity contribution < 1.29 is 14.0 Å². The van der Waals surface area contributed by atoms with Gasteiger partial charge in [0.25, 0.3) is 5.91 Å². The number of furan rings is 1. The maximum absolute atomic E-state index is 12.4. The summed E-state index contributed by atoms with van der Waals surface area (Å²) in [5.74, 6) is 1.20. The molecule has 28 heavy (non-hydrogen) atoms. The number of rotatable bonds is 8. The summed E-state index contributed by atoms with van der Waals surface area (Å²) in [6.07, 6.45) is 1.61. The van der Waals surface area contributed by atoms with Gasteiger partial charge in [-0.15, -0.1) is 0 Å². The third kappa shape index (κ3) is 5.10. The Morgan fingerprint density at radius 3 is 2.46 bits per heavy atom. The van der Waals surface area contributed by atoms with E-state index >= 15 is 0 Å². The van der Waals surface area contributed by atoms with Crippen molar-refractivity contribution in [3.8, 4) is 11.3 Å². The van der Waals surface area contributed by atoms with Gasteiger partial charge in [0.15, 0.2) is 0 Å². The molecular weight excluding hydrogens is 352 g/mol. The van der Waals surface area contributed by atoms with Gasteiger partial charge in [0.1, 0.15) is 11.5 Å². The highest BCUT2D eigenvalue weighted by molar-refractivity contribution is 6.03. The molecule has 0 aliphatic rings. The first-order valence-corrected chi connectivity index (χ1v) is 9.48. The van der Waals surface area contributed by atoms with Crippen LogP contribution in [0.2, 0.25) is 0 Å². The van der Waals surface area contributed by atoms with Crippen LogP contribution in [0.4, 0.5) is 5.69 Å². The SMILES string of the molecule is CCCNC(=O)c1ccccc1NC(=O)CCc1ccc(-c2ccccc2)o1. The van der Waals surface area contributed by atoms with E-state index in [2.05, 4.69) is 10.6 Å². The Morgan fingerprint density at radius 2 is 1.68 bits per heavy atom. The predicted molar refractivity (Wildman–Crippen MR) is 110 cm³/mol. The van der Waals surface area contributed by atoms with Gasteiger partial charge in [-0.2, -0.15) is 0 Å². The second-order valence-electron chi connectivity index (χ2n) is 6.48. The van der Waals surface area contributed by atoms with Crippen molar-refractivity contribution in [1.29, 1.82) is 0 Å². The minimum Gasteiger partial charge on any atom is -0.461 e. The van der Waals surface area contributed by atoms with Gasteiger partial charge < -0.3 is 15.1 Å². The zero-order chi connectivity index (χ0) is 19.8. The molecule has 5 heteroatoms. The van der Waals surface area contributed by atoms with Crippen molar-refractivity contribution in [3.05, 3.63) is 78.1 Å². The fourth-order valence-corrected chi connectivity index (χ4v) is 2.84. The minimum absolute atomic E-state index is 0.159. The Hall–Kier alpha value is -3.34. The molecular formula is C23H24N2O3. The lowest BCUT2D eigenvalue weighted by atomic mass is 10.1. The van der Waals surface area contributed by atoms with Gasteiger partial charge >= 0.3 is 0 Å². The minimum atomic E-state index is -0.184. The fourth-order valence-electron chi connectivity index (χ4n) is 2.84. The Morgan fingerprint density at radius 1 is 0.929 bits per heavy atom. The second kappa shape index (κ2) is 9.55. The summed E-state index contributed by atoms with van der Waals surface area (Å²) in [6.45, 7) is 2.59. The van der Waals surface area contributed by atoms with E-state index in [-0.39, 0.29) is 18.2 Å². The third-order valence-electron chi connectivity index (χ3n) is 4.30. The number of hydrogen-bond acceptors (Lipinski definition) is 3. The van der Waals surface area contributed by atoms with E-state index < -0.39 is 0 Å². The van der Waals surface area contributed by atoms with Crippen LogP contribution >= 0.6 is 0 Å². The average molecular weight is 376 g/mol. The predicted octanol–water partition coefficient (Wildman–Crippen LogP) is 4.66. The highest BCUT2D eigenvalue weighted by Crippen LogP contribution is 2.22. The Kier molecular flexibility index (Phi) is 6.63. The average Bonchev–Trinajstić information content (AvgIpc) is 3.21. The molecule has 5 nitrogen and oxygen atoms in total. The van der Waals surface area contributed by atoms with E-state index in [1.165, 1.54) is 0 Å². The van der Waals surface area contributed by atoms with E-state index in [9.17, 15) is 9.59 Å². The van der Waals surface area contributed by atoms with Crippen molar-refractivity contribution in [2.75, 3.05) is 11.9 Å². The number of anilines is 1. The zero-order valence-electron chi connectivity index (χ0n) is 15.9. The summed E-state index contributed by atoms with van der Waals surface area (Å²) >= 11 is 0. The number of nitrogens with one attached hydrogen (secondary N) is 2. The maximum atomic E-state index is 12.4. The van der Waals surface area contributed by atoms with Gasteiger partial charge in [0, 0.05) is 24.9 Å². The van der Waals surface area contributed by atoms with Crippen molar-refractivity contribution in [3.63, 3.8) is 0 Å². The maximum Gasteiger partial charge on any atom is 0.253 e. The van der Waals surface area contributed by atoms with Crippen molar-refractivity contribution in [2.45, 2.75) is 26.2 Å². The first-order chi connectivity index (χ1) is 13.7. The number of hydrogen-bond donors (Lipinski definition) is 2. The molecule has 0 atom stereocenters. The molecule has 0 spiro atoms. The van der Waals surface area contributed by atoms with Crippen molar-refractivity contribution in [2.24, 2.45) is 0 Å². The van der Waals surface area contributed by atoms with Crippen molar-refractivity contribution in [1.82, 2.24) is 5.32 Å². The smallest absolute Gasteiger partial charge is 0.253 e. The molecule has 1 heterocycles. The Balaban J connectivity index is 1.58. The van der Waals surface area contributed by atoms with Crippen LogP contribution in [0, 0.1) is 0 Å². The topological polar surface area (TPSA) is 71.3 Å². The molecule has 0 fully saturated rings. The largest absolute Gasteiger partial charge is 0.461 e. The number of para-hydroxylation sites is 1. The lowest BCUT2D eigenvalue weighted by Crippen LogP contribution is -2.25. The molecule has 0 saturated heterocycles. The van der Waals surface area contributed by atoms with Gasteiger partial charge in [0.2, 0.25) is 5.91 Å². The monoisotopic (exact) mass is 376 g/mol. The van der Waals surface area contributed by atoms with Gasteiger partial charge in [-0.05, 0) is 30.7 Å². The fraction of sp³-hybridized carbons (Fsp3) is 0.217. The van der Waals surface area contributed by atoms with Crippen LogP contribution in [-0.2, 0) is 11.2 Å². The van der Waals surface area contributed by atoms with E-state index in [1.807, 2.05) is 49.4 Å². The van der Waals surface area contributed by atoms with E-state index in [0.717, 1.165) is 23.5 Å². The number of amides is 2. The summed E-state index contributed by atoms with van der Waals surface area (Å²) < 4.78 is 5.83. The molecule has 0 unspecified atom stereocenters. The molecule has 2 N–H and O–H groups in total. The molecule has 1 aromatic heterocycles. The summed E-state index contributed by atoms with van der Waals surface area (Å²) in [7, 11) is 0. The first-order valence-electron chi connectivity index (χ1n) is 9.48. The molecule has 3 rings (SSSR count). The van der Waals surface area contributed by atoms with Gasteiger partial charge in [-0.3, -0.25) is 9.59 Å². The molecule has 0 radical (unpaired) electrons. The second-order valence-corrected chi connectivity index (χ2v) is 6.48. The normalized spacial score (nSPS) is 10.5. The van der Waals surface area contributed by atoms with Crippen LogP contribution in [-0.4, -0.2) is 18.4 Å². The highest BCUT2D eigenvalue weighted by Gasteiger charge is 2.13. The van der Waals surface area contributed by atoms with E-state index in [1.54, 1.807) is 24.3 Å². The highest BCUT2D eigenvalue weighted by atomic mass is 16.3. The lowest BCUT2D eigenvalue weighted by molar-refractivity contribution is -0.116. The zero-order valence-corrected chi connectivity index (χ0v) is 15.9. The quantitative estimate of drug-likeness (QED) is 0.601. The van der Waals surface area contributed by atoms with Crippen LogP contribution in [0.5, 0.6) is 0 Å². The Bertz CT molecular complexity index is 932. The van der Waals surface area contributed by atoms with Gasteiger partial charge in [-0.1, -0.05) is 49.4 Å².